The van der Waals surface area contributed by atoms with Gasteiger partial charge in [0.2, 0.25) is 12.6 Å². The summed E-state index contributed by atoms with van der Waals surface area (Å²) in [5.41, 5.74) is 1.77. The summed E-state index contributed by atoms with van der Waals surface area (Å²) in [6.07, 6.45) is 2.92. The molecule has 2 aromatic carbocycles. The summed E-state index contributed by atoms with van der Waals surface area (Å²) in [4.78, 5) is 24.4. The fourth-order valence-corrected chi connectivity index (χ4v) is 2.98. The van der Waals surface area contributed by atoms with Crippen LogP contribution in [0, 0.1) is 0 Å². The van der Waals surface area contributed by atoms with Crippen LogP contribution in [0.15, 0.2) is 53.0 Å². The zero-order valence-electron chi connectivity index (χ0n) is 15.7. The number of para-hydroxylation sites is 1. The van der Waals surface area contributed by atoms with E-state index in [0.29, 0.717) is 28.0 Å². The molecule has 0 N–H and O–H groups in total. The number of furan rings is 1. The van der Waals surface area contributed by atoms with Gasteiger partial charge in [0.05, 0.1) is 12.2 Å². The van der Waals surface area contributed by atoms with Gasteiger partial charge in [0.15, 0.2) is 11.5 Å². The van der Waals surface area contributed by atoms with Crippen LogP contribution in [0.2, 0.25) is 0 Å². The van der Waals surface area contributed by atoms with Gasteiger partial charge < -0.3 is 23.4 Å². The van der Waals surface area contributed by atoms with E-state index >= 15 is 0 Å². The van der Waals surface area contributed by atoms with Crippen molar-refractivity contribution < 1.29 is 33.0 Å². The fraction of sp³-hybridized carbons (Fsp3) is 0.182. The van der Waals surface area contributed by atoms with Gasteiger partial charge in [-0.05, 0) is 36.8 Å². The van der Waals surface area contributed by atoms with Crippen molar-refractivity contribution in [3.63, 3.8) is 0 Å². The van der Waals surface area contributed by atoms with Gasteiger partial charge in [-0.25, -0.2) is 9.59 Å². The van der Waals surface area contributed by atoms with E-state index in [2.05, 4.69) is 0 Å². The quantitative estimate of drug-likeness (QED) is 0.460. The van der Waals surface area contributed by atoms with Gasteiger partial charge in [-0.15, -0.1) is 0 Å². The molecule has 1 aliphatic heterocycles. The summed E-state index contributed by atoms with van der Waals surface area (Å²) in [6.45, 7) is 2.00. The first-order valence-electron chi connectivity index (χ1n) is 9.07. The number of rotatable bonds is 6. The lowest BCUT2D eigenvalue weighted by molar-refractivity contribution is -0.138. The van der Waals surface area contributed by atoms with Crippen molar-refractivity contribution in [3.8, 4) is 11.5 Å². The maximum absolute atomic E-state index is 12.2. The molecule has 4 rings (SSSR count). The molecular formula is C22H18O7. The first-order valence-corrected chi connectivity index (χ1v) is 9.07. The normalized spacial score (nSPS) is 12.4. The number of benzene rings is 2. The van der Waals surface area contributed by atoms with Gasteiger partial charge >= 0.3 is 11.9 Å². The zero-order chi connectivity index (χ0) is 20.2. The third-order valence-electron chi connectivity index (χ3n) is 4.33. The minimum absolute atomic E-state index is 0.0422. The number of hydrogen-bond acceptors (Lipinski definition) is 7. The van der Waals surface area contributed by atoms with E-state index in [9.17, 15) is 9.59 Å². The van der Waals surface area contributed by atoms with Crippen LogP contribution in [0.5, 0.6) is 11.5 Å². The van der Waals surface area contributed by atoms with Crippen LogP contribution >= 0.6 is 0 Å². The van der Waals surface area contributed by atoms with Crippen molar-refractivity contribution in [2.45, 2.75) is 13.5 Å². The second-order valence-electron chi connectivity index (χ2n) is 6.18. The topological polar surface area (TPSA) is 84.2 Å². The SMILES string of the molecule is CCOC(=O)c1oc2ccccc2c1COC(=O)/C=C/c1ccc2c(c1)OCO2. The van der Waals surface area contributed by atoms with E-state index < -0.39 is 11.9 Å². The van der Waals surface area contributed by atoms with Crippen molar-refractivity contribution >= 4 is 29.0 Å². The monoisotopic (exact) mass is 394 g/mol. The molecule has 0 saturated heterocycles. The Labute approximate surface area is 166 Å². The zero-order valence-corrected chi connectivity index (χ0v) is 15.7. The predicted molar refractivity (Wildman–Crippen MR) is 104 cm³/mol. The van der Waals surface area contributed by atoms with Gasteiger partial charge in [0.25, 0.3) is 0 Å². The number of hydrogen-bond donors (Lipinski definition) is 0. The molecule has 148 valence electrons. The van der Waals surface area contributed by atoms with Crippen molar-refractivity contribution in [2.24, 2.45) is 0 Å². The molecule has 0 radical (unpaired) electrons. The van der Waals surface area contributed by atoms with Gasteiger partial charge in [-0.1, -0.05) is 24.3 Å². The molecule has 0 bridgehead atoms. The van der Waals surface area contributed by atoms with E-state index in [0.717, 1.165) is 5.56 Å². The van der Waals surface area contributed by atoms with Crippen molar-refractivity contribution in [2.75, 3.05) is 13.4 Å². The summed E-state index contributed by atoms with van der Waals surface area (Å²) in [5.74, 6) is 0.196. The lowest BCUT2D eigenvalue weighted by atomic mass is 10.1. The fourth-order valence-electron chi connectivity index (χ4n) is 2.98. The van der Waals surface area contributed by atoms with Crippen LogP contribution in [-0.4, -0.2) is 25.3 Å². The number of carbonyl (C=O) groups is 2. The van der Waals surface area contributed by atoms with Gasteiger partial charge in [0, 0.05) is 11.5 Å². The molecule has 2 heterocycles. The molecule has 0 aliphatic carbocycles. The van der Waals surface area contributed by atoms with Crippen LogP contribution in [0.1, 0.15) is 28.6 Å². The standard InChI is InChI=1S/C22H18O7/c1-2-25-22(24)21-16(15-5-3-4-6-17(15)29-21)12-26-20(23)10-8-14-7-9-18-19(11-14)28-13-27-18/h3-11H,2,12-13H2,1H3/b10-8+. The maximum Gasteiger partial charge on any atom is 0.374 e. The Bertz CT molecular complexity index is 1090. The molecule has 0 unspecified atom stereocenters. The van der Waals surface area contributed by atoms with Gasteiger partial charge in [-0.2, -0.15) is 0 Å². The molecule has 3 aromatic rings. The Balaban J connectivity index is 1.48. The van der Waals surface area contributed by atoms with Crippen molar-refractivity contribution in [3.05, 3.63) is 65.4 Å². The highest BCUT2D eigenvalue weighted by atomic mass is 16.7. The lowest BCUT2D eigenvalue weighted by Crippen LogP contribution is -2.08. The van der Waals surface area contributed by atoms with Crippen LogP contribution in [0.4, 0.5) is 0 Å². The van der Waals surface area contributed by atoms with E-state index in [4.69, 9.17) is 23.4 Å². The number of ether oxygens (including phenoxy) is 4. The Kier molecular flexibility index (Phi) is 5.20. The van der Waals surface area contributed by atoms with E-state index in [1.54, 1.807) is 49.4 Å². The van der Waals surface area contributed by atoms with Crippen LogP contribution in [0.3, 0.4) is 0 Å². The molecule has 0 spiro atoms. The molecule has 0 atom stereocenters. The average Bonchev–Trinajstić information content (AvgIpc) is 3.35. The van der Waals surface area contributed by atoms with E-state index in [1.807, 2.05) is 6.07 Å². The largest absolute Gasteiger partial charge is 0.460 e. The molecule has 0 amide bonds. The summed E-state index contributed by atoms with van der Waals surface area (Å²) >= 11 is 0. The molecule has 1 aliphatic rings. The lowest BCUT2D eigenvalue weighted by Gasteiger charge is -2.04. The summed E-state index contributed by atoms with van der Waals surface area (Å²) in [7, 11) is 0. The van der Waals surface area contributed by atoms with Gasteiger partial charge in [0.1, 0.15) is 12.2 Å². The van der Waals surface area contributed by atoms with E-state index in [1.165, 1.54) is 6.08 Å². The minimum Gasteiger partial charge on any atom is -0.460 e. The molecule has 29 heavy (non-hydrogen) atoms. The Morgan fingerprint density at radius 2 is 1.90 bits per heavy atom. The van der Waals surface area contributed by atoms with Crippen LogP contribution < -0.4 is 9.47 Å². The first-order chi connectivity index (χ1) is 14.2. The van der Waals surface area contributed by atoms with Crippen molar-refractivity contribution in [1.82, 2.24) is 0 Å². The highest BCUT2D eigenvalue weighted by molar-refractivity contribution is 5.96. The molecule has 1 aromatic heterocycles. The number of carbonyl (C=O) groups excluding carboxylic acids is 2. The van der Waals surface area contributed by atoms with Gasteiger partial charge in [-0.3, -0.25) is 0 Å². The van der Waals surface area contributed by atoms with E-state index in [-0.39, 0.29) is 25.8 Å². The maximum atomic E-state index is 12.2. The predicted octanol–water partition coefficient (Wildman–Crippen LogP) is 4.09. The molecule has 7 nitrogen and oxygen atoms in total. The average molecular weight is 394 g/mol. The third kappa shape index (κ3) is 3.94. The second-order valence-corrected chi connectivity index (χ2v) is 6.18. The first kappa shape index (κ1) is 18.6. The summed E-state index contributed by atoms with van der Waals surface area (Å²) in [5, 5.41) is 0.697. The molecule has 7 heteroatoms. The van der Waals surface area contributed by atoms with Crippen LogP contribution in [-0.2, 0) is 20.9 Å². The highest BCUT2D eigenvalue weighted by Crippen LogP contribution is 2.33. The minimum atomic E-state index is -0.592. The molecule has 0 saturated carbocycles. The Morgan fingerprint density at radius 3 is 2.76 bits per heavy atom. The summed E-state index contributed by atoms with van der Waals surface area (Å²) in [6, 6.07) is 12.5. The Morgan fingerprint density at radius 1 is 1.07 bits per heavy atom. The second kappa shape index (κ2) is 8.10. The molecular weight excluding hydrogens is 376 g/mol. The summed E-state index contributed by atoms with van der Waals surface area (Å²) < 4.78 is 26.5. The smallest absolute Gasteiger partial charge is 0.374 e. The highest BCUT2D eigenvalue weighted by Gasteiger charge is 2.22. The molecule has 0 fully saturated rings. The number of esters is 2. The van der Waals surface area contributed by atoms with Crippen LogP contribution in [0.25, 0.3) is 17.0 Å². The van der Waals surface area contributed by atoms with Crippen molar-refractivity contribution in [1.29, 1.82) is 0 Å². The third-order valence-corrected chi connectivity index (χ3v) is 4.33. The number of fused-ring (bicyclic) bond motifs is 2. The Hall–Kier alpha value is -3.74.